The van der Waals surface area contributed by atoms with Gasteiger partial charge in [0.25, 0.3) is 0 Å². The average Bonchev–Trinajstić information content (AvgIpc) is 2.05. The van der Waals surface area contributed by atoms with Crippen molar-refractivity contribution in [2.24, 2.45) is 4.99 Å². The molecule has 0 radical (unpaired) electrons. The van der Waals surface area contributed by atoms with Crippen LogP contribution in [-0.4, -0.2) is 18.4 Å². The minimum atomic E-state index is 0.211. The lowest BCUT2D eigenvalue weighted by Crippen LogP contribution is -1.84. The van der Waals surface area contributed by atoms with Gasteiger partial charge in [-0.05, 0) is 32.6 Å². The molecule has 0 rings (SSSR count). The van der Waals surface area contributed by atoms with Crippen LogP contribution in [0.4, 0.5) is 0 Å². The summed E-state index contributed by atoms with van der Waals surface area (Å²) in [5, 5.41) is 8.53. The molecule has 0 unspecified atom stereocenters. The Morgan fingerprint density at radius 3 is 2.82 bits per heavy atom. The van der Waals surface area contributed by atoms with Crippen molar-refractivity contribution in [2.75, 3.05) is 6.61 Å². The number of rotatable bonds is 5. The molecule has 0 aliphatic rings. The van der Waals surface area contributed by atoms with Gasteiger partial charge in [0.05, 0.1) is 0 Å². The third-order valence-corrected chi connectivity index (χ3v) is 1.28. The lowest BCUT2D eigenvalue weighted by Gasteiger charge is -1.96. The molecule has 0 aliphatic carbocycles. The Balaban J connectivity index is 3.83. The summed E-state index contributed by atoms with van der Waals surface area (Å²) >= 11 is 0. The second kappa shape index (κ2) is 7.22. The molecule has 0 saturated heterocycles. The van der Waals surface area contributed by atoms with Crippen molar-refractivity contribution in [2.45, 2.75) is 19.8 Å². The number of nitrogens with zero attached hydrogens (tertiary/aromatic N) is 1. The van der Waals surface area contributed by atoms with Gasteiger partial charge < -0.3 is 5.11 Å². The minimum Gasteiger partial charge on any atom is -0.396 e. The zero-order valence-electron chi connectivity index (χ0n) is 6.95. The molecule has 0 saturated carbocycles. The number of hydrogen-bond donors (Lipinski definition) is 1. The number of allylic oxidation sites excluding steroid dienone is 4. The normalized spacial score (nSPS) is 12.4. The molecule has 0 atom stereocenters. The van der Waals surface area contributed by atoms with Crippen LogP contribution in [0.5, 0.6) is 0 Å². The van der Waals surface area contributed by atoms with E-state index in [1.54, 1.807) is 0 Å². The van der Waals surface area contributed by atoms with Gasteiger partial charge in [-0.1, -0.05) is 12.2 Å². The van der Waals surface area contributed by atoms with E-state index >= 15 is 0 Å². The Hall–Kier alpha value is -0.890. The third-order valence-electron chi connectivity index (χ3n) is 1.28. The third kappa shape index (κ3) is 5.55. The molecule has 0 spiro atoms. The second-order valence-corrected chi connectivity index (χ2v) is 2.17. The van der Waals surface area contributed by atoms with Crippen LogP contribution in [0.3, 0.4) is 0 Å². The van der Waals surface area contributed by atoms with Crippen LogP contribution in [-0.2, 0) is 0 Å². The van der Waals surface area contributed by atoms with Crippen molar-refractivity contribution >= 4 is 6.72 Å². The van der Waals surface area contributed by atoms with Gasteiger partial charge in [-0.2, -0.15) is 0 Å². The summed E-state index contributed by atoms with van der Waals surface area (Å²) in [5.74, 6) is 0. The fourth-order valence-electron chi connectivity index (χ4n) is 0.683. The quantitative estimate of drug-likeness (QED) is 0.475. The molecule has 0 heterocycles. The van der Waals surface area contributed by atoms with E-state index in [4.69, 9.17) is 5.11 Å². The average molecular weight is 153 g/mol. The first kappa shape index (κ1) is 10.1. The van der Waals surface area contributed by atoms with Crippen molar-refractivity contribution in [3.05, 3.63) is 23.9 Å². The maximum atomic E-state index is 8.53. The standard InChI is InChI=1S/C9H15NO/c1-3-4-6-9(10-2)7-5-8-11/h3-4,6,11H,2,5,7-8H2,1H3/b4-3-,9-6-. The predicted octanol–water partition coefficient (Wildman–Crippen LogP) is 1.92. The van der Waals surface area contributed by atoms with Crippen LogP contribution < -0.4 is 0 Å². The van der Waals surface area contributed by atoms with E-state index < -0.39 is 0 Å². The van der Waals surface area contributed by atoms with Gasteiger partial charge in [-0.15, -0.1) is 0 Å². The molecule has 0 amide bonds. The van der Waals surface area contributed by atoms with Crippen molar-refractivity contribution < 1.29 is 5.11 Å². The summed E-state index contributed by atoms with van der Waals surface area (Å²) in [4.78, 5) is 3.81. The van der Waals surface area contributed by atoms with E-state index in [-0.39, 0.29) is 6.61 Å². The highest BCUT2D eigenvalue weighted by Gasteiger charge is 1.89. The molecule has 62 valence electrons. The van der Waals surface area contributed by atoms with Crippen molar-refractivity contribution in [3.63, 3.8) is 0 Å². The molecule has 0 aromatic rings. The lowest BCUT2D eigenvalue weighted by molar-refractivity contribution is 0.288. The van der Waals surface area contributed by atoms with Gasteiger partial charge in [-0.25, -0.2) is 0 Å². The smallest absolute Gasteiger partial charge is 0.0434 e. The number of aliphatic imine (C=N–C) groups is 1. The number of aliphatic hydroxyl groups excluding tert-OH is 1. The van der Waals surface area contributed by atoms with E-state index in [0.717, 1.165) is 18.5 Å². The molecular weight excluding hydrogens is 138 g/mol. The molecule has 0 fully saturated rings. The van der Waals surface area contributed by atoms with E-state index in [2.05, 4.69) is 11.7 Å². The van der Waals surface area contributed by atoms with Gasteiger partial charge >= 0.3 is 0 Å². The highest BCUT2D eigenvalue weighted by atomic mass is 16.2. The van der Waals surface area contributed by atoms with Crippen molar-refractivity contribution in [3.8, 4) is 0 Å². The molecule has 2 heteroatoms. The van der Waals surface area contributed by atoms with E-state index in [1.165, 1.54) is 0 Å². The summed E-state index contributed by atoms with van der Waals surface area (Å²) in [6.45, 7) is 5.59. The Labute approximate surface area is 68.0 Å². The fraction of sp³-hybridized carbons (Fsp3) is 0.444. The summed E-state index contributed by atoms with van der Waals surface area (Å²) in [7, 11) is 0. The van der Waals surface area contributed by atoms with Crippen LogP contribution in [0.15, 0.2) is 28.9 Å². The van der Waals surface area contributed by atoms with Crippen LogP contribution in [0.2, 0.25) is 0 Å². The lowest BCUT2D eigenvalue weighted by atomic mass is 10.2. The van der Waals surface area contributed by atoms with Gasteiger partial charge in [0, 0.05) is 12.3 Å². The summed E-state index contributed by atoms with van der Waals surface area (Å²) in [6.07, 6.45) is 7.31. The number of aliphatic hydroxyl groups is 1. The second-order valence-electron chi connectivity index (χ2n) is 2.17. The Morgan fingerprint density at radius 1 is 1.64 bits per heavy atom. The first-order valence-corrected chi connectivity index (χ1v) is 3.74. The van der Waals surface area contributed by atoms with Gasteiger partial charge in [0.1, 0.15) is 0 Å². The molecule has 0 aromatic carbocycles. The van der Waals surface area contributed by atoms with Crippen LogP contribution in [0.25, 0.3) is 0 Å². The molecule has 0 aliphatic heterocycles. The minimum absolute atomic E-state index is 0.211. The largest absolute Gasteiger partial charge is 0.396 e. The van der Waals surface area contributed by atoms with E-state index in [0.29, 0.717) is 0 Å². The maximum absolute atomic E-state index is 8.53. The monoisotopic (exact) mass is 153 g/mol. The molecule has 0 bridgehead atoms. The SMILES string of the molecule is C=N/C(=C\C=C/C)CCCO. The summed E-state index contributed by atoms with van der Waals surface area (Å²) in [5.41, 5.74) is 0.928. The zero-order valence-corrected chi connectivity index (χ0v) is 6.95. The zero-order chi connectivity index (χ0) is 8.53. The van der Waals surface area contributed by atoms with E-state index in [1.807, 2.05) is 25.2 Å². The number of hydrogen-bond acceptors (Lipinski definition) is 2. The van der Waals surface area contributed by atoms with Gasteiger partial charge in [-0.3, -0.25) is 4.99 Å². The molecule has 11 heavy (non-hydrogen) atoms. The maximum Gasteiger partial charge on any atom is 0.0434 e. The van der Waals surface area contributed by atoms with Gasteiger partial charge in [0.2, 0.25) is 0 Å². The Kier molecular flexibility index (Phi) is 6.64. The molecule has 2 nitrogen and oxygen atoms in total. The van der Waals surface area contributed by atoms with E-state index in [9.17, 15) is 0 Å². The highest BCUT2D eigenvalue weighted by Crippen LogP contribution is 2.05. The first-order valence-electron chi connectivity index (χ1n) is 3.74. The van der Waals surface area contributed by atoms with Crippen LogP contribution >= 0.6 is 0 Å². The van der Waals surface area contributed by atoms with Crippen molar-refractivity contribution in [1.29, 1.82) is 0 Å². The van der Waals surface area contributed by atoms with Gasteiger partial charge in [0.15, 0.2) is 0 Å². The Morgan fingerprint density at radius 2 is 2.36 bits per heavy atom. The fourth-order valence-corrected chi connectivity index (χ4v) is 0.683. The highest BCUT2D eigenvalue weighted by molar-refractivity contribution is 5.30. The predicted molar refractivity (Wildman–Crippen MR) is 48.8 cm³/mol. The molecular formula is C9H15NO. The summed E-state index contributed by atoms with van der Waals surface area (Å²) < 4.78 is 0. The summed E-state index contributed by atoms with van der Waals surface area (Å²) in [6, 6.07) is 0. The molecule has 0 aromatic heterocycles. The van der Waals surface area contributed by atoms with Crippen LogP contribution in [0, 0.1) is 0 Å². The first-order chi connectivity index (χ1) is 5.35. The topological polar surface area (TPSA) is 32.6 Å². The van der Waals surface area contributed by atoms with Crippen LogP contribution in [0.1, 0.15) is 19.8 Å². The molecule has 1 N–H and O–H groups in total. The van der Waals surface area contributed by atoms with Crippen molar-refractivity contribution in [1.82, 2.24) is 0 Å². The Bertz CT molecular complexity index is 159.